The summed E-state index contributed by atoms with van der Waals surface area (Å²) in [5.74, 6) is -0.198. The van der Waals surface area contributed by atoms with Crippen molar-refractivity contribution in [3.8, 4) is 0 Å². The third-order valence-electron chi connectivity index (χ3n) is 5.41. The highest BCUT2D eigenvalue weighted by molar-refractivity contribution is 5.77. The Hall–Kier alpha value is -3.00. The van der Waals surface area contributed by atoms with Crippen LogP contribution in [0.5, 0.6) is 0 Å². The average molecular weight is 380 g/mol. The molecule has 1 amide bonds. The van der Waals surface area contributed by atoms with E-state index in [1.807, 2.05) is 0 Å². The van der Waals surface area contributed by atoms with E-state index in [9.17, 15) is 9.59 Å². The number of aromatic nitrogens is 4. The van der Waals surface area contributed by atoms with Crippen LogP contribution in [0.15, 0.2) is 41.6 Å². The molecule has 1 aliphatic heterocycles. The molecule has 0 saturated heterocycles. The number of nitrogens with zero attached hydrogens (tertiary/aromatic N) is 5. The fourth-order valence-electron chi connectivity index (χ4n) is 3.67. The van der Waals surface area contributed by atoms with Crippen molar-refractivity contribution < 1.29 is 4.79 Å². The standard InChI is InChI=1S/C20H24N6O2/c1-14(25-8-7-15-5-3-4-6-16(15)11-25)9-21-18(27)12-26-13-22-19-17(20(26)28)10-23-24(19)2/h3-6,10,13-14H,7-9,11-12H2,1-2H3,(H,21,27). The molecule has 0 spiro atoms. The summed E-state index contributed by atoms with van der Waals surface area (Å²) < 4.78 is 2.86. The van der Waals surface area contributed by atoms with E-state index in [4.69, 9.17) is 0 Å². The molecule has 0 aliphatic carbocycles. The second kappa shape index (κ2) is 7.55. The lowest BCUT2D eigenvalue weighted by Gasteiger charge is -2.33. The summed E-state index contributed by atoms with van der Waals surface area (Å²) in [5.41, 5.74) is 3.02. The van der Waals surface area contributed by atoms with Crippen LogP contribution in [0.3, 0.4) is 0 Å². The maximum atomic E-state index is 12.5. The molecule has 0 saturated carbocycles. The highest BCUT2D eigenvalue weighted by Gasteiger charge is 2.20. The van der Waals surface area contributed by atoms with E-state index in [-0.39, 0.29) is 24.1 Å². The van der Waals surface area contributed by atoms with Crippen LogP contribution in [0, 0.1) is 0 Å². The molecule has 1 aromatic carbocycles. The summed E-state index contributed by atoms with van der Waals surface area (Å²) in [6.07, 6.45) is 3.91. The van der Waals surface area contributed by atoms with Crippen LogP contribution in [0.4, 0.5) is 0 Å². The number of fused-ring (bicyclic) bond motifs is 2. The molecule has 0 radical (unpaired) electrons. The number of hydrogen-bond donors (Lipinski definition) is 1. The number of amides is 1. The van der Waals surface area contributed by atoms with Gasteiger partial charge in [0.2, 0.25) is 5.91 Å². The predicted molar refractivity (Wildman–Crippen MR) is 106 cm³/mol. The topological polar surface area (TPSA) is 85.0 Å². The van der Waals surface area contributed by atoms with Crippen LogP contribution < -0.4 is 10.9 Å². The van der Waals surface area contributed by atoms with Gasteiger partial charge in [-0.05, 0) is 24.5 Å². The minimum atomic E-state index is -0.256. The van der Waals surface area contributed by atoms with Gasteiger partial charge in [0.15, 0.2) is 5.65 Å². The number of rotatable bonds is 5. The largest absolute Gasteiger partial charge is 0.353 e. The van der Waals surface area contributed by atoms with Crippen LogP contribution in [0.1, 0.15) is 18.1 Å². The van der Waals surface area contributed by atoms with Crippen molar-refractivity contribution in [1.82, 2.24) is 29.5 Å². The second-order valence-corrected chi connectivity index (χ2v) is 7.33. The van der Waals surface area contributed by atoms with Gasteiger partial charge in [0, 0.05) is 32.7 Å². The molecule has 1 unspecified atom stereocenters. The van der Waals surface area contributed by atoms with Crippen molar-refractivity contribution in [2.24, 2.45) is 7.05 Å². The van der Waals surface area contributed by atoms with E-state index < -0.39 is 0 Å². The number of carbonyl (C=O) groups excluding carboxylic acids is 1. The third-order valence-corrected chi connectivity index (χ3v) is 5.41. The number of aryl methyl sites for hydroxylation is 1. The van der Waals surface area contributed by atoms with Gasteiger partial charge in [0.25, 0.3) is 5.56 Å². The minimum Gasteiger partial charge on any atom is -0.353 e. The monoisotopic (exact) mass is 380 g/mol. The van der Waals surface area contributed by atoms with E-state index in [0.29, 0.717) is 17.6 Å². The lowest BCUT2D eigenvalue weighted by Crippen LogP contribution is -2.45. The number of hydrogen-bond acceptors (Lipinski definition) is 5. The summed E-state index contributed by atoms with van der Waals surface area (Å²) in [5, 5.41) is 7.40. The molecule has 4 rings (SSSR count). The zero-order valence-corrected chi connectivity index (χ0v) is 16.1. The quantitative estimate of drug-likeness (QED) is 0.704. The Balaban J connectivity index is 1.35. The van der Waals surface area contributed by atoms with E-state index >= 15 is 0 Å². The van der Waals surface area contributed by atoms with Gasteiger partial charge in [-0.15, -0.1) is 0 Å². The van der Waals surface area contributed by atoms with Crippen LogP contribution in [-0.4, -0.2) is 49.3 Å². The maximum absolute atomic E-state index is 12.5. The number of carbonyl (C=O) groups is 1. The number of nitrogens with one attached hydrogen (secondary N) is 1. The van der Waals surface area contributed by atoms with E-state index in [1.165, 1.54) is 28.2 Å². The summed E-state index contributed by atoms with van der Waals surface area (Å²) in [6.45, 7) is 4.48. The van der Waals surface area contributed by atoms with Crippen molar-refractivity contribution in [3.63, 3.8) is 0 Å². The van der Waals surface area contributed by atoms with E-state index in [1.54, 1.807) is 11.7 Å². The minimum absolute atomic E-state index is 0.0494. The Bertz CT molecular complexity index is 1070. The van der Waals surface area contributed by atoms with E-state index in [2.05, 4.69) is 51.5 Å². The normalized spacial score (nSPS) is 15.4. The molecule has 3 aromatic rings. The van der Waals surface area contributed by atoms with Gasteiger partial charge in [-0.25, -0.2) is 4.98 Å². The van der Waals surface area contributed by atoms with E-state index in [0.717, 1.165) is 19.5 Å². The van der Waals surface area contributed by atoms with Crippen LogP contribution >= 0.6 is 0 Å². The predicted octanol–water partition coefficient (Wildman–Crippen LogP) is 0.693. The molecule has 3 heterocycles. The molecule has 1 aliphatic rings. The summed E-state index contributed by atoms with van der Waals surface area (Å²) in [4.78, 5) is 31.4. The molecular formula is C20H24N6O2. The zero-order chi connectivity index (χ0) is 19.7. The summed E-state index contributed by atoms with van der Waals surface area (Å²) in [6, 6.07) is 8.72. The fourth-order valence-corrected chi connectivity index (χ4v) is 3.67. The third kappa shape index (κ3) is 3.55. The lowest BCUT2D eigenvalue weighted by atomic mass is 9.99. The zero-order valence-electron chi connectivity index (χ0n) is 16.1. The molecule has 1 atom stereocenters. The van der Waals surface area contributed by atoms with Crippen molar-refractivity contribution in [2.75, 3.05) is 13.1 Å². The molecule has 28 heavy (non-hydrogen) atoms. The van der Waals surface area contributed by atoms with Gasteiger partial charge in [0.05, 0.1) is 6.20 Å². The Kier molecular flexibility index (Phi) is 4.95. The first-order valence-corrected chi connectivity index (χ1v) is 9.47. The smallest absolute Gasteiger partial charge is 0.264 e. The summed E-state index contributed by atoms with van der Waals surface area (Å²) in [7, 11) is 1.73. The Morgan fingerprint density at radius 1 is 1.29 bits per heavy atom. The molecule has 146 valence electrons. The van der Waals surface area contributed by atoms with Crippen LogP contribution in [0.2, 0.25) is 0 Å². The number of benzene rings is 1. The lowest BCUT2D eigenvalue weighted by molar-refractivity contribution is -0.122. The molecule has 0 fully saturated rings. The van der Waals surface area contributed by atoms with Crippen LogP contribution in [-0.2, 0) is 31.4 Å². The highest BCUT2D eigenvalue weighted by atomic mass is 16.2. The second-order valence-electron chi connectivity index (χ2n) is 7.33. The Labute approximate surface area is 162 Å². The first-order valence-electron chi connectivity index (χ1n) is 9.47. The van der Waals surface area contributed by atoms with Crippen molar-refractivity contribution >= 4 is 16.9 Å². The van der Waals surface area contributed by atoms with Gasteiger partial charge in [-0.2, -0.15) is 5.10 Å². The van der Waals surface area contributed by atoms with Crippen molar-refractivity contribution in [2.45, 2.75) is 32.5 Å². The van der Waals surface area contributed by atoms with Crippen molar-refractivity contribution in [1.29, 1.82) is 0 Å². The first-order chi connectivity index (χ1) is 13.5. The molecule has 8 nitrogen and oxygen atoms in total. The molecule has 0 bridgehead atoms. The van der Waals surface area contributed by atoms with Crippen molar-refractivity contribution in [3.05, 3.63) is 58.3 Å². The van der Waals surface area contributed by atoms with Gasteiger partial charge in [-0.3, -0.25) is 23.7 Å². The SMILES string of the molecule is CC(CNC(=O)Cn1cnc2c(cnn2C)c1=O)N1CCc2ccccc2C1. The van der Waals surface area contributed by atoms with Crippen LogP contribution in [0.25, 0.3) is 11.0 Å². The summed E-state index contributed by atoms with van der Waals surface area (Å²) >= 11 is 0. The Morgan fingerprint density at radius 2 is 2.07 bits per heavy atom. The molecule has 8 heteroatoms. The van der Waals surface area contributed by atoms with Gasteiger partial charge >= 0.3 is 0 Å². The Morgan fingerprint density at radius 3 is 2.89 bits per heavy atom. The molecular weight excluding hydrogens is 356 g/mol. The molecule has 1 N–H and O–H groups in total. The average Bonchev–Trinajstić information content (AvgIpc) is 3.09. The fraction of sp³-hybridized carbons (Fsp3) is 0.400. The molecule has 2 aromatic heterocycles. The first kappa shape index (κ1) is 18.4. The maximum Gasteiger partial charge on any atom is 0.264 e. The highest BCUT2D eigenvalue weighted by Crippen LogP contribution is 2.19. The van der Waals surface area contributed by atoms with Gasteiger partial charge in [-0.1, -0.05) is 24.3 Å². The van der Waals surface area contributed by atoms with Gasteiger partial charge in [0.1, 0.15) is 18.3 Å². The van der Waals surface area contributed by atoms with Gasteiger partial charge < -0.3 is 5.32 Å².